The number of ether oxygens (including phenoxy) is 1. The fourth-order valence-corrected chi connectivity index (χ4v) is 3.39. The number of piperidine rings is 3. The molecule has 1 aromatic heterocycles. The normalized spacial score (nSPS) is 25.5. The molecule has 1 aromatic carbocycles. The number of aromatic nitrogens is 1. The molecule has 0 spiro atoms. The van der Waals surface area contributed by atoms with Gasteiger partial charge in [-0.15, -0.1) is 0 Å². The molecular formula is C17H18FN3O3. The van der Waals surface area contributed by atoms with Crippen molar-refractivity contribution in [3.05, 3.63) is 42.2 Å². The number of benzene rings is 1. The van der Waals surface area contributed by atoms with E-state index in [0.29, 0.717) is 11.7 Å². The van der Waals surface area contributed by atoms with Crippen molar-refractivity contribution >= 4 is 5.91 Å². The van der Waals surface area contributed by atoms with E-state index in [0.717, 1.165) is 32.5 Å². The van der Waals surface area contributed by atoms with Crippen LogP contribution in [0.2, 0.25) is 0 Å². The van der Waals surface area contributed by atoms with E-state index in [1.807, 2.05) is 0 Å². The largest absolute Gasteiger partial charge is 0.425 e. The molecule has 2 aromatic rings. The molecule has 0 aliphatic carbocycles. The molecule has 2 bridgehead atoms. The van der Waals surface area contributed by atoms with Gasteiger partial charge in [-0.2, -0.15) is 0 Å². The highest BCUT2D eigenvalue weighted by Crippen LogP contribution is 2.28. The number of carbonyl (C=O) groups is 1. The molecule has 126 valence electrons. The average Bonchev–Trinajstić information content (AvgIpc) is 3.07. The lowest BCUT2D eigenvalue weighted by atomic mass is 9.84. The summed E-state index contributed by atoms with van der Waals surface area (Å²) >= 11 is 0. The Hall–Kier alpha value is -2.41. The van der Waals surface area contributed by atoms with E-state index in [4.69, 9.17) is 9.15 Å². The number of hydrogen-bond donors (Lipinski definition) is 1. The summed E-state index contributed by atoms with van der Waals surface area (Å²) in [6.07, 6.45) is 3.58. The Balaban J connectivity index is 1.39. The lowest BCUT2D eigenvalue weighted by molar-refractivity contribution is 0.0599. The van der Waals surface area contributed by atoms with Crippen LogP contribution < -0.4 is 10.1 Å². The van der Waals surface area contributed by atoms with E-state index < -0.39 is 0 Å². The van der Waals surface area contributed by atoms with E-state index >= 15 is 0 Å². The molecule has 0 saturated carbocycles. The number of nitrogens with one attached hydrogen (secondary N) is 1. The standard InChI is InChI=1S/C17H18FN3O3/c18-12-1-3-13(4-2-12)23-15-9-19-17(24-15)16(22)20-14-10-21-7-5-11(14)6-8-21/h1-4,9,11,14H,5-8,10H2,(H,20,22). The Kier molecular flexibility index (Phi) is 3.93. The third kappa shape index (κ3) is 3.12. The Morgan fingerprint density at radius 3 is 2.71 bits per heavy atom. The van der Waals surface area contributed by atoms with Crippen molar-refractivity contribution in [1.82, 2.24) is 15.2 Å². The molecule has 3 saturated heterocycles. The molecule has 3 aliphatic heterocycles. The summed E-state index contributed by atoms with van der Waals surface area (Å²) in [5, 5.41) is 3.01. The molecule has 5 rings (SSSR count). The first-order chi connectivity index (χ1) is 11.7. The topological polar surface area (TPSA) is 67.6 Å². The fraction of sp³-hybridized carbons (Fsp3) is 0.412. The summed E-state index contributed by atoms with van der Waals surface area (Å²) < 4.78 is 23.6. The van der Waals surface area contributed by atoms with Gasteiger partial charge in [0.25, 0.3) is 5.89 Å². The zero-order valence-corrected chi connectivity index (χ0v) is 13.1. The van der Waals surface area contributed by atoms with Gasteiger partial charge in [-0.05, 0) is 56.1 Å². The van der Waals surface area contributed by atoms with Crippen molar-refractivity contribution in [3.8, 4) is 11.7 Å². The second-order valence-corrected chi connectivity index (χ2v) is 6.26. The van der Waals surface area contributed by atoms with Gasteiger partial charge in [-0.25, -0.2) is 9.37 Å². The smallest absolute Gasteiger partial charge is 0.311 e. The lowest BCUT2D eigenvalue weighted by Gasteiger charge is -2.44. The predicted octanol–water partition coefficient (Wildman–Crippen LogP) is 2.43. The summed E-state index contributed by atoms with van der Waals surface area (Å²) in [5.74, 6) is 0.338. The Bertz CT molecular complexity index is 723. The van der Waals surface area contributed by atoms with Gasteiger partial charge in [0.1, 0.15) is 17.8 Å². The van der Waals surface area contributed by atoms with Gasteiger partial charge >= 0.3 is 11.9 Å². The van der Waals surface area contributed by atoms with E-state index in [-0.39, 0.29) is 29.6 Å². The van der Waals surface area contributed by atoms with Crippen molar-refractivity contribution in [2.24, 2.45) is 5.92 Å². The number of oxazole rings is 1. The Morgan fingerprint density at radius 1 is 1.29 bits per heavy atom. The van der Waals surface area contributed by atoms with Crippen LogP contribution in [0.3, 0.4) is 0 Å². The number of fused-ring (bicyclic) bond motifs is 3. The summed E-state index contributed by atoms with van der Waals surface area (Å²) in [6, 6.07) is 5.67. The van der Waals surface area contributed by atoms with Crippen LogP contribution in [0.5, 0.6) is 11.7 Å². The monoisotopic (exact) mass is 331 g/mol. The van der Waals surface area contributed by atoms with Crippen LogP contribution in [0.15, 0.2) is 34.9 Å². The second-order valence-electron chi connectivity index (χ2n) is 6.26. The maximum atomic E-state index is 12.9. The first-order valence-corrected chi connectivity index (χ1v) is 8.10. The van der Waals surface area contributed by atoms with Gasteiger partial charge < -0.3 is 19.4 Å². The van der Waals surface area contributed by atoms with Crippen LogP contribution in [-0.2, 0) is 0 Å². The van der Waals surface area contributed by atoms with Gasteiger partial charge in [0.2, 0.25) is 0 Å². The highest BCUT2D eigenvalue weighted by atomic mass is 19.1. The molecular weight excluding hydrogens is 313 g/mol. The van der Waals surface area contributed by atoms with Crippen molar-refractivity contribution in [1.29, 1.82) is 0 Å². The number of carbonyl (C=O) groups excluding carboxylic acids is 1. The number of rotatable bonds is 4. The van der Waals surface area contributed by atoms with Gasteiger partial charge in [0, 0.05) is 12.6 Å². The molecule has 1 unspecified atom stereocenters. The summed E-state index contributed by atoms with van der Waals surface area (Å²) in [6.45, 7) is 3.12. The second kappa shape index (κ2) is 6.24. The van der Waals surface area contributed by atoms with E-state index in [1.165, 1.54) is 30.5 Å². The lowest BCUT2D eigenvalue weighted by Crippen LogP contribution is -2.57. The number of halogens is 1. The third-order valence-corrected chi connectivity index (χ3v) is 4.68. The van der Waals surface area contributed by atoms with Gasteiger partial charge in [-0.1, -0.05) is 0 Å². The molecule has 1 atom stereocenters. The van der Waals surface area contributed by atoms with Crippen molar-refractivity contribution in [3.63, 3.8) is 0 Å². The first-order valence-electron chi connectivity index (χ1n) is 8.10. The van der Waals surface area contributed by atoms with Crippen LogP contribution in [0.4, 0.5) is 4.39 Å². The van der Waals surface area contributed by atoms with Crippen LogP contribution in [-0.4, -0.2) is 41.5 Å². The van der Waals surface area contributed by atoms with E-state index in [1.54, 1.807) is 0 Å². The summed E-state index contributed by atoms with van der Waals surface area (Å²) in [4.78, 5) is 18.6. The molecule has 4 heterocycles. The highest BCUT2D eigenvalue weighted by Gasteiger charge is 2.35. The quantitative estimate of drug-likeness (QED) is 0.932. The zero-order valence-electron chi connectivity index (χ0n) is 13.1. The SMILES string of the molecule is O=C(NC1CN2CCC1CC2)c1ncc(Oc2ccc(F)cc2)o1. The van der Waals surface area contributed by atoms with Crippen molar-refractivity contribution < 1.29 is 18.3 Å². The molecule has 6 nitrogen and oxygen atoms in total. The van der Waals surface area contributed by atoms with Crippen LogP contribution >= 0.6 is 0 Å². The molecule has 24 heavy (non-hydrogen) atoms. The minimum Gasteiger partial charge on any atom is -0.425 e. The van der Waals surface area contributed by atoms with E-state index in [2.05, 4.69) is 15.2 Å². The number of amides is 1. The zero-order chi connectivity index (χ0) is 16.5. The predicted molar refractivity (Wildman–Crippen MR) is 83.4 cm³/mol. The minimum atomic E-state index is -0.350. The Labute approximate surface area is 138 Å². The van der Waals surface area contributed by atoms with Gasteiger partial charge in [-0.3, -0.25) is 4.79 Å². The molecule has 0 radical (unpaired) electrons. The summed E-state index contributed by atoms with van der Waals surface area (Å²) in [7, 11) is 0. The van der Waals surface area contributed by atoms with Crippen LogP contribution in [0.25, 0.3) is 0 Å². The number of hydrogen-bond acceptors (Lipinski definition) is 5. The van der Waals surface area contributed by atoms with Crippen molar-refractivity contribution in [2.75, 3.05) is 19.6 Å². The van der Waals surface area contributed by atoms with Gasteiger partial charge in [0.15, 0.2) is 0 Å². The van der Waals surface area contributed by atoms with Crippen molar-refractivity contribution in [2.45, 2.75) is 18.9 Å². The third-order valence-electron chi connectivity index (χ3n) is 4.68. The van der Waals surface area contributed by atoms with Crippen LogP contribution in [0, 0.1) is 11.7 Å². The first kappa shape index (κ1) is 15.1. The summed E-state index contributed by atoms with van der Waals surface area (Å²) in [5.41, 5.74) is 0. The number of nitrogens with zero attached hydrogens (tertiary/aromatic N) is 2. The van der Waals surface area contributed by atoms with Gasteiger partial charge in [0.05, 0.1) is 0 Å². The average molecular weight is 331 g/mol. The highest BCUT2D eigenvalue weighted by molar-refractivity contribution is 5.89. The van der Waals surface area contributed by atoms with E-state index in [9.17, 15) is 9.18 Å². The Morgan fingerprint density at radius 2 is 2.04 bits per heavy atom. The minimum absolute atomic E-state index is 0.0245. The fourth-order valence-electron chi connectivity index (χ4n) is 3.39. The molecule has 3 fully saturated rings. The maximum Gasteiger partial charge on any atom is 0.311 e. The molecule has 1 amide bonds. The molecule has 3 aliphatic rings. The molecule has 7 heteroatoms. The van der Waals surface area contributed by atoms with Crippen LogP contribution in [0.1, 0.15) is 23.5 Å². The maximum absolute atomic E-state index is 12.9. The molecule has 1 N–H and O–H groups in total.